The summed E-state index contributed by atoms with van der Waals surface area (Å²) in [4.78, 5) is 24.5. The first-order valence-corrected chi connectivity index (χ1v) is 5.77. The Morgan fingerprint density at radius 1 is 1.38 bits per heavy atom. The topological polar surface area (TPSA) is 75.4 Å². The lowest BCUT2D eigenvalue weighted by atomic mass is 10.2. The van der Waals surface area contributed by atoms with Crippen molar-refractivity contribution in [1.82, 2.24) is 10.2 Å². The molecule has 0 spiro atoms. The zero-order valence-corrected chi connectivity index (χ0v) is 10.2. The average molecular weight is 227 g/mol. The third-order valence-electron chi connectivity index (χ3n) is 3.28. The standard InChI is InChI=1S/C11H21N3O2/c1-7-4-5-8(2)14(7)9(3)11(16)13-6-10(12)15/h7-9H,4-6H2,1-3H3,(H2,12,15)(H,13,16). The minimum Gasteiger partial charge on any atom is -0.368 e. The fourth-order valence-electron chi connectivity index (χ4n) is 2.44. The van der Waals surface area contributed by atoms with Crippen LogP contribution < -0.4 is 11.1 Å². The van der Waals surface area contributed by atoms with Crippen LogP contribution in [0.15, 0.2) is 0 Å². The van der Waals surface area contributed by atoms with Gasteiger partial charge in [-0.15, -0.1) is 0 Å². The highest BCUT2D eigenvalue weighted by Crippen LogP contribution is 2.25. The number of rotatable bonds is 4. The molecule has 3 atom stereocenters. The van der Waals surface area contributed by atoms with Crippen molar-refractivity contribution in [3.8, 4) is 0 Å². The maximum absolute atomic E-state index is 11.8. The molecule has 0 aromatic carbocycles. The van der Waals surface area contributed by atoms with Gasteiger partial charge in [0.05, 0.1) is 12.6 Å². The summed E-state index contributed by atoms with van der Waals surface area (Å²) in [6, 6.07) is 0.639. The van der Waals surface area contributed by atoms with Crippen LogP contribution >= 0.6 is 0 Å². The molecule has 0 aromatic rings. The lowest BCUT2D eigenvalue weighted by Gasteiger charge is -2.31. The molecule has 3 N–H and O–H groups in total. The number of nitrogens with one attached hydrogen (secondary N) is 1. The van der Waals surface area contributed by atoms with Crippen molar-refractivity contribution in [2.75, 3.05) is 6.54 Å². The highest BCUT2D eigenvalue weighted by Gasteiger charge is 2.34. The number of likely N-dealkylation sites (tertiary alicyclic amines) is 1. The number of carbonyl (C=O) groups is 2. The van der Waals surface area contributed by atoms with Crippen LogP contribution in [0.1, 0.15) is 33.6 Å². The number of hydrogen-bond donors (Lipinski definition) is 2. The Morgan fingerprint density at radius 3 is 2.31 bits per heavy atom. The molecule has 16 heavy (non-hydrogen) atoms. The molecule has 0 saturated carbocycles. The van der Waals surface area contributed by atoms with Gasteiger partial charge in [0.15, 0.2) is 0 Å². The minimum atomic E-state index is -0.511. The van der Waals surface area contributed by atoms with Crippen LogP contribution in [0.25, 0.3) is 0 Å². The Balaban J connectivity index is 2.52. The molecule has 0 aromatic heterocycles. The molecular weight excluding hydrogens is 206 g/mol. The second kappa shape index (κ2) is 5.30. The lowest BCUT2D eigenvalue weighted by Crippen LogP contribution is -2.50. The van der Waals surface area contributed by atoms with E-state index in [9.17, 15) is 9.59 Å². The highest BCUT2D eigenvalue weighted by atomic mass is 16.2. The lowest BCUT2D eigenvalue weighted by molar-refractivity contribution is -0.129. The maximum Gasteiger partial charge on any atom is 0.237 e. The van der Waals surface area contributed by atoms with E-state index in [1.807, 2.05) is 6.92 Å². The zero-order chi connectivity index (χ0) is 12.3. The van der Waals surface area contributed by atoms with Crippen molar-refractivity contribution in [3.05, 3.63) is 0 Å². The third-order valence-corrected chi connectivity index (χ3v) is 3.28. The molecule has 1 rings (SSSR count). The molecule has 1 saturated heterocycles. The van der Waals surface area contributed by atoms with Crippen LogP contribution in [0.3, 0.4) is 0 Å². The van der Waals surface area contributed by atoms with Crippen molar-refractivity contribution in [2.45, 2.75) is 51.7 Å². The quantitative estimate of drug-likeness (QED) is 0.701. The van der Waals surface area contributed by atoms with Gasteiger partial charge in [0.1, 0.15) is 0 Å². The highest BCUT2D eigenvalue weighted by molar-refractivity contribution is 5.86. The second-order valence-electron chi connectivity index (χ2n) is 4.58. The molecule has 3 unspecified atom stereocenters. The second-order valence-corrected chi connectivity index (χ2v) is 4.58. The number of nitrogens with zero attached hydrogens (tertiary/aromatic N) is 1. The summed E-state index contributed by atoms with van der Waals surface area (Å²) in [5.74, 6) is -0.637. The molecule has 92 valence electrons. The normalized spacial score (nSPS) is 27.7. The number of nitrogens with two attached hydrogens (primary N) is 1. The van der Waals surface area contributed by atoms with E-state index in [-0.39, 0.29) is 18.5 Å². The number of primary amides is 1. The number of amides is 2. The van der Waals surface area contributed by atoms with E-state index in [2.05, 4.69) is 24.1 Å². The van der Waals surface area contributed by atoms with Gasteiger partial charge in [-0.2, -0.15) is 0 Å². The molecule has 1 aliphatic rings. The Kier molecular flexibility index (Phi) is 4.29. The summed E-state index contributed by atoms with van der Waals surface area (Å²) in [6.45, 7) is 6.04. The molecule has 5 nitrogen and oxygen atoms in total. The predicted octanol–water partition coefficient (Wildman–Crippen LogP) is -0.151. The van der Waals surface area contributed by atoms with Crippen LogP contribution in [0.5, 0.6) is 0 Å². The zero-order valence-electron chi connectivity index (χ0n) is 10.2. The molecule has 0 bridgehead atoms. The van der Waals surface area contributed by atoms with Crippen molar-refractivity contribution < 1.29 is 9.59 Å². The third kappa shape index (κ3) is 2.95. The molecule has 2 amide bonds. The van der Waals surface area contributed by atoms with E-state index < -0.39 is 5.91 Å². The first-order chi connectivity index (χ1) is 7.43. The van der Waals surface area contributed by atoms with E-state index in [0.717, 1.165) is 12.8 Å². The fraction of sp³-hybridized carbons (Fsp3) is 0.818. The van der Waals surface area contributed by atoms with E-state index in [0.29, 0.717) is 12.1 Å². The Morgan fingerprint density at radius 2 is 1.88 bits per heavy atom. The van der Waals surface area contributed by atoms with Crippen LogP contribution in [0.4, 0.5) is 0 Å². The van der Waals surface area contributed by atoms with Gasteiger partial charge in [0.25, 0.3) is 0 Å². The largest absolute Gasteiger partial charge is 0.368 e. The van der Waals surface area contributed by atoms with Gasteiger partial charge in [0.2, 0.25) is 11.8 Å². The van der Waals surface area contributed by atoms with Gasteiger partial charge in [-0.3, -0.25) is 14.5 Å². The smallest absolute Gasteiger partial charge is 0.237 e. The number of carbonyl (C=O) groups excluding carboxylic acids is 2. The average Bonchev–Trinajstić information content (AvgIpc) is 2.54. The molecule has 5 heteroatoms. The summed E-state index contributed by atoms with van der Waals surface area (Å²) >= 11 is 0. The van der Waals surface area contributed by atoms with Gasteiger partial charge in [-0.25, -0.2) is 0 Å². The first kappa shape index (κ1) is 13.0. The van der Waals surface area contributed by atoms with Crippen LogP contribution in [-0.2, 0) is 9.59 Å². The van der Waals surface area contributed by atoms with Gasteiger partial charge in [-0.1, -0.05) is 0 Å². The number of hydrogen-bond acceptors (Lipinski definition) is 3. The van der Waals surface area contributed by atoms with E-state index in [4.69, 9.17) is 5.73 Å². The SMILES string of the molecule is CC1CCC(C)N1C(C)C(=O)NCC(N)=O. The predicted molar refractivity (Wildman–Crippen MR) is 61.7 cm³/mol. The summed E-state index contributed by atoms with van der Waals surface area (Å²) in [6.07, 6.45) is 2.24. The minimum absolute atomic E-state index is 0.0836. The molecule has 0 aliphatic carbocycles. The van der Waals surface area contributed by atoms with Crippen LogP contribution in [0, 0.1) is 0 Å². The van der Waals surface area contributed by atoms with Crippen molar-refractivity contribution >= 4 is 11.8 Å². The fourth-order valence-corrected chi connectivity index (χ4v) is 2.44. The molecule has 1 fully saturated rings. The maximum atomic E-state index is 11.8. The molecule has 1 heterocycles. The van der Waals surface area contributed by atoms with Gasteiger partial charge < -0.3 is 11.1 Å². The van der Waals surface area contributed by atoms with Gasteiger partial charge in [-0.05, 0) is 33.6 Å². The van der Waals surface area contributed by atoms with Crippen molar-refractivity contribution in [2.24, 2.45) is 5.73 Å². The summed E-state index contributed by atoms with van der Waals surface area (Å²) < 4.78 is 0. The molecule has 0 radical (unpaired) electrons. The Bertz CT molecular complexity index is 270. The van der Waals surface area contributed by atoms with Crippen LogP contribution in [0.2, 0.25) is 0 Å². The molecular formula is C11H21N3O2. The Labute approximate surface area is 96.4 Å². The summed E-state index contributed by atoms with van der Waals surface area (Å²) in [7, 11) is 0. The van der Waals surface area contributed by atoms with Crippen molar-refractivity contribution in [3.63, 3.8) is 0 Å². The van der Waals surface area contributed by atoms with Crippen molar-refractivity contribution in [1.29, 1.82) is 0 Å². The van der Waals surface area contributed by atoms with E-state index in [1.54, 1.807) is 0 Å². The van der Waals surface area contributed by atoms with Gasteiger partial charge >= 0.3 is 0 Å². The summed E-state index contributed by atoms with van der Waals surface area (Å²) in [5.41, 5.74) is 4.98. The first-order valence-electron chi connectivity index (χ1n) is 5.77. The molecule has 1 aliphatic heterocycles. The summed E-state index contributed by atoms with van der Waals surface area (Å²) in [5, 5.41) is 2.54. The van der Waals surface area contributed by atoms with E-state index in [1.165, 1.54) is 0 Å². The Hall–Kier alpha value is -1.10. The monoisotopic (exact) mass is 227 g/mol. The van der Waals surface area contributed by atoms with E-state index >= 15 is 0 Å². The van der Waals surface area contributed by atoms with Crippen LogP contribution in [-0.4, -0.2) is 41.4 Å². The van der Waals surface area contributed by atoms with Gasteiger partial charge in [0, 0.05) is 12.1 Å².